The molecule has 1 N–H and O–H groups in total. The molecule has 27 heavy (non-hydrogen) atoms. The lowest BCUT2D eigenvalue weighted by molar-refractivity contribution is -0.121. The van der Waals surface area contributed by atoms with E-state index >= 15 is 0 Å². The van der Waals surface area contributed by atoms with E-state index in [2.05, 4.69) is 46.7 Å². The van der Waals surface area contributed by atoms with Crippen molar-refractivity contribution in [1.29, 1.82) is 0 Å². The zero-order valence-electron chi connectivity index (χ0n) is 15.2. The molecule has 0 atom stereocenters. The topological polar surface area (TPSA) is 68.0 Å². The number of aromatic nitrogens is 2. The Morgan fingerprint density at radius 2 is 1.78 bits per heavy atom. The zero-order chi connectivity index (χ0) is 19.1. The number of aryl methyl sites for hydroxylation is 2. The number of nitrogens with zero attached hydrogens (tertiary/aromatic N) is 2. The molecule has 0 fully saturated rings. The van der Waals surface area contributed by atoms with Crippen LogP contribution in [0, 0.1) is 6.92 Å². The van der Waals surface area contributed by atoms with Crippen LogP contribution < -0.4 is 5.32 Å². The van der Waals surface area contributed by atoms with Gasteiger partial charge in [-0.1, -0.05) is 41.4 Å². The van der Waals surface area contributed by atoms with E-state index in [1.165, 1.54) is 11.1 Å². The Bertz CT molecular complexity index is 873. The summed E-state index contributed by atoms with van der Waals surface area (Å²) in [5.41, 5.74) is 3.36. The summed E-state index contributed by atoms with van der Waals surface area (Å²) in [5, 5.41) is 11.4. The minimum absolute atomic E-state index is 0.00912. The highest BCUT2D eigenvalue weighted by Crippen LogP contribution is 2.20. The summed E-state index contributed by atoms with van der Waals surface area (Å²) in [6.45, 7) is 2.31. The molecule has 0 saturated carbocycles. The first-order chi connectivity index (χ1) is 13.1. The molecule has 0 saturated heterocycles. The fourth-order valence-corrected chi connectivity index (χ4v) is 2.79. The van der Waals surface area contributed by atoms with Gasteiger partial charge in [0.15, 0.2) is 0 Å². The molecule has 0 spiro atoms. The first-order valence-corrected chi connectivity index (χ1v) is 9.38. The highest BCUT2D eigenvalue weighted by atomic mass is 35.5. The number of carbonyl (C=O) groups is 1. The Hall–Kier alpha value is -2.66. The summed E-state index contributed by atoms with van der Waals surface area (Å²) >= 11 is 5.87. The third kappa shape index (κ3) is 5.93. The van der Waals surface area contributed by atoms with Crippen LogP contribution in [0.1, 0.15) is 36.3 Å². The number of amides is 1. The third-order valence-electron chi connectivity index (χ3n) is 4.23. The fraction of sp³-hybridized carbons (Fsp3) is 0.286. The Morgan fingerprint density at radius 1 is 1.04 bits per heavy atom. The molecule has 140 valence electrons. The molecule has 3 aromatic rings. The Morgan fingerprint density at radius 3 is 2.52 bits per heavy atom. The molecular formula is C21H22ClN3O2. The lowest BCUT2D eigenvalue weighted by atomic mass is 10.1. The van der Waals surface area contributed by atoms with Crippen LogP contribution in [-0.4, -0.2) is 16.1 Å². The molecule has 0 unspecified atom stereocenters. The van der Waals surface area contributed by atoms with E-state index < -0.39 is 0 Å². The molecule has 6 heteroatoms. The number of nitrogens with one attached hydrogen (secondary N) is 1. The Labute approximate surface area is 163 Å². The normalized spacial score (nSPS) is 10.7. The van der Waals surface area contributed by atoms with Crippen molar-refractivity contribution in [3.8, 4) is 11.5 Å². The Kier molecular flexibility index (Phi) is 6.60. The maximum absolute atomic E-state index is 12.0. The van der Waals surface area contributed by atoms with Crippen molar-refractivity contribution < 1.29 is 9.21 Å². The zero-order valence-corrected chi connectivity index (χ0v) is 16.0. The average Bonchev–Trinajstić information content (AvgIpc) is 3.14. The van der Waals surface area contributed by atoms with E-state index in [0.29, 0.717) is 23.2 Å². The molecule has 1 aromatic heterocycles. The van der Waals surface area contributed by atoms with Crippen molar-refractivity contribution in [3.05, 3.63) is 70.6 Å². The summed E-state index contributed by atoms with van der Waals surface area (Å²) in [7, 11) is 0. The minimum Gasteiger partial charge on any atom is -0.419 e. The van der Waals surface area contributed by atoms with E-state index in [0.717, 1.165) is 24.8 Å². The summed E-state index contributed by atoms with van der Waals surface area (Å²) in [6.07, 6.45) is 3.31. The molecular weight excluding hydrogens is 362 g/mol. The summed E-state index contributed by atoms with van der Waals surface area (Å²) < 4.78 is 5.57. The number of rotatable bonds is 8. The smallest absolute Gasteiger partial charge is 0.247 e. The van der Waals surface area contributed by atoms with Crippen molar-refractivity contribution in [2.75, 3.05) is 0 Å². The number of hydrogen-bond acceptors (Lipinski definition) is 4. The van der Waals surface area contributed by atoms with Gasteiger partial charge in [0.25, 0.3) is 0 Å². The first-order valence-electron chi connectivity index (χ1n) is 9.01. The van der Waals surface area contributed by atoms with Gasteiger partial charge in [-0.2, -0.15) is 0 Å². The maximum Gasteiger partial charge on any atom is 0.247 e. The van der Waals surface area contributed by atoms with Crippen LogP contribution in [0.2, 0.25) is 5.02 Å². The second kappa shape index (κ2) is 9.33. The van der Waals surface area contributed by atoms with E-state index in [-0.39, 0.29) is 12.5 Å². The van der Waals surface area contributed by atoms with Crippen molar-refractivity contribution in [2.45, 2.75) is 39.2 Å². The van der Waals surface area contributed by atoms with Gasteiger partial charge in [-0.25, -0.2) is 0 Å². The number of hydrogen-bond donors (Lipinski definition) is 1. The van der Waals surface area contributed by atoms with Gasteiger partial charge in [-0.3, -0.25) is 4.79 Å². The van der Waals surface area contributed by atoms with Gasteiger partial charge in [0.1, 0.15) is 0 Å². The fourth-order valence-electron chi connectivity index (χ4n) is 2.67. The SMILES string of the molecule is Cc1ccc(CCCCC(=O)NCc2nnc(-c3ccc(Cl)cc3)o2)cc1. The number of benzene rings is 2. The second-order valence-electron chi connectivity index (χ2n) is 6.48. The van der Waals surface area contributed by atoms with Crippen LogP contribution in [-0.2, 0) is 17.8 Å². The van der Waals surface area contributed by atoms with E-state index in [9.17, 15) is 4.79 Å². The molecule has 0 aliphatic rings. The van der Waals surface area contributed by atoms with Gasteiger partial charge < -0.3 is 9.73 Å². The monoisotopic (exact) mass is 383 g/mol. The third-order valence-corrected chi connectivity index (χ3v) is 4.49. The van der Waals surface area contributed by atoms with Crippen LogP contribution in [0.25, 0.3) is 11.5 Å². The summed E-state index contributed by atoms with van der Waals surface area (Å²) in [6, 6.07) is 15.7. The van der Waals surface area contributed by atoms with Crippen LogP contribution in [0.3, 0.4) is 0 Å². The first kappa shape index (κ1) is 19.1. The average molecular weight is 384 g/mol. The van der Waals surface area contributed by atoms with Gasteiger partial charge in [0.2, 0.25) is 17.7 Å². The standard InChI is InChI=1S/C21H22ClN3O2/c1-15-6-8-16(9-7-15)4-2-3-5-19(26)23-14-20-24-25-21(27-20)17-10-12-18(22)13-11-17/h6-13H,2-5,14H2,1H3,(H,23,26). The lowest BCUT2D eigenvalue weighted by Crippen LogP contribution is -2.22. The van der Waals surface area contributed by atoms with Gasteiger partial charge in [-0.15, -0.1) is 10.2 Å². The van der Waals surface area contributed by atoms with Crippen LogP contribution in [0.4, 0.5) is 0 Å². The molecule has 0 radical (unpaired) electrons. The van der Waals surface area contributed by atoms with Crippen molar-refractivity contribution in [1.82, 2.24) is 15.5 Å². The van der Waals surface area contributed by atoms with E-state index in [1.54, 1.807) is 12.1 Å². The largest absolute Gasteiger partial charge is 0.419 e. The summed E-state index contributed by atoms with van der Waals surface area (Å²) in [4.78, 5) is 12.0. The predicted octanol–water partition coefficient (Wildman–Crippen LogP) is 4.73. The van der Waals surface area contributed by atoms with Crippen LogP contribution in [0.5, 0.6) is 0 Å². The Balaban J connectivity index is 1.38. The number of unbranched alkanes of at least 4 members (excludes halogenated alkanes) is 1. The number of carbonyl (C=O) groups excluding carboxylic acids is 1. The molecule has 3 rings (SSSR count). The summed E-state index contributed by atoms with van der Waals surface area (Å²) in [5.74, 6) is 0.784. The highest BCUT2D eigenvalue weighted by molar-refractivity contribution is 6.30. The molecule has 1 amide bonds. The lowest BCUT2D eigenvalue weighted by Gasteiger charge is -2.04. The maximum atomic E-state index is 12.0. The van der Waals surface area contributed by atoms with Gasteiger partial charge in [0, 0.05) is 17.0 Å². The van der Waals surface area contributed by atoms with Gasteiger partial charge in [-0.05, 0) is 56.0 Å². The van der Waals surface area contributed by atoms with Gasteiger partial charge >= 0.3 is 0 Å². The van der Waals surface area contributed by atoms with E-state index in [1.807, 2.05) is 12.1 Å². The quantitative estimate of drug-likeness (QED) is 0.571. The molecule has 0 aliphatic carbocycles. The van der Waals surface area contributed by atoms with Crippen molar-refractivity contribution >= 4 is 17.5 Å². The highest BCUT2D eigenvalue weighted by Gasteiger charge is 2.10. The van der Waals surface area contributed by atoms with Gasteiger partial charge in [0.05, 0.1) is 6.54 Å². The predicted molar refractivity (Wildman–Crippen MR) is 105 cm³/mol. The minimum atomic E-state index is -0.00912. The van der Waals surface area contributed by atoms with Crippen molar-refractivity contribution in [2.24, 2.45) is 0 Å². The van der Waals surface area contributed by atoms with Crippen LogP contribution in [0.15, 0.2) is 52.9 Å². The molecule has 0 aliphatic heterocycles. The van der Waals surface area contributed by atoms with Crippen molar-refractivity contribution in [3.63, 3.8) is 0 Å². The molecule has 5 nitrogen and oxygen atoms in total. The molecule has 2 aromatic carbocycles. The second-order valence-corrected chi connectivity index (χ2v) is 6.91. The molecule has 0 bridgehead atoms. The number of halogens is 1. The van der Waals surface area contributed by atoms with E-state index in [4.69, 9.17) is 16.0 Å². The molecule has 1 heterocycles. The van der Waals surface area contributed by atoms with Crippen LogP contribution >= 0.6 is 11.6 Å².